The van der Waals surface area contributed by atoms with Gasteiger partial charge in [-0.1, -0.05) is 65.7 Å². The highest BCUT2D eigenvalue weighted by Crippen LogP contribution is 2.24. The molecule has 0 N–H and O–H groups in total. The Morgan fingerprint density at radius 1 is 0.710 bits per heavy atom. The number of amides is 1. The van der Waals surface area contributed by atoms with Crippen LogP contribution in [-0.2, 0) is 4.79 Å². The first-order valence-corrected chi connectivity index (χ1v) is 10.6. The molecule has 0 aliphatic carbocycles. The molecule has 0 radical (unpaired) electrons. The summed E-state index contributed by atoms with van der Waals surface area (Å²) in [7, 11) is 0. The predicted molar refractivity (Wildman–Crippen MR) is 126 cm³/mol. The molecule has 31 heavy (non-hydrogen) atoms. The standard InChI is InChI=1S/C26H19Cl2NO2/c27-23-10-6-18(7-11-23)14-21-16-29(26(31)20-4-2-1-3-5-20)17-22(25(21)30)15-19-8-12-24(28)13-9-19/h1-15H,16-17H2/b21-14-,22-15+. The summed E-state index contributed by atoms with van der Waals surface area (Å²) < 4.78 is 0. The van der Waals surface area contributed by atoms with Crippen molar-refractivity contribution in [3.63, 3.8) is 0 Å². The summed E-state index contributed by atoms with van der Waals surface area (Å²) in [6.45, 7) is 0.486. The second-order valence-corrected chi connectivity index (χ2v) is 8.17. The van der Waals surface area contributed by atoms with Gasteiger partial charge in [-0.05, 0) is 59.7 Å². The third-order valence-corrected chi connectivity index (χ3v) is 5.54. The zero-order chi connectivity index (χ0) is 21.8. The van der Waals surface area contributed by atoms with E-state index in [1.54, 1.807) is 41.3 Å². The summed E-state index contributed by atoms with van der Waals surface area (Å²) in [5, 5.41) is 1.25. The topological polar surface area (TPSA) is 37.4 Å². The monoisotopic (exact) mass is 447 g/mol. The number of hydrogen-bond donors (Lipinski definition) is 0. The lowest BCUT2D eigenvalue weighted by atomic mass is 9.93. The molecule has 4 rings (SSSR count). The number of rotatable bonds is 3. The predicted octanol–water partition coefficient (Wildman–Crippen LogP) is 6.19. The van der Waals surface area contributed by atoms with Crippen LogP contribution in [0.25, 0.3) is 12.2 Å². The van der Waals surface area contributed by atoms with E-state index in [9.17, 15) is 9.59 Å². The molecule has 3 nitrogen and oxygen atoms in total. The number of carbonyl (C=O) groups excluding carboxylic acids is 2. The number of benzene rings is 3. The molecule has 5 heteroatoms. The van der Waals surface area contributed by atoms with Crippen LogP contribution in [0.15, 0.2) is 90.0 Å². The lowest BCUT2D eigenvalue weighted by Crippen LogP contribution is -2.41. The zero-order valence-electron chi connectivity index (χ0n) is 16.6. The summed E-state index contributed by atoms with van der Waals surface area (Å²) in [6, 6.07) is 23.6. The van der Waals surface area contributed by atoms with Crippen molar-refractivity contribution in [1.29, 1.82) is 0 Å². The van der Waals surface area contributed by atoms with Gasteiger partial charge in [0.1, 0.15) is 0 Å². The van der Waals surface area contributed by atoms with E-state index in [4.69, 9.17) is 23.2 Å². The molecule has 1 fully saturated rings. The van der Waals surface area contributed by atoms with Gasteiger partial charge < -0.3 is 4.90 Å². The second kappa shape index (κ2) is 9.34. The van der Waals surface area contributed by atoms with Gasteiger partial charge in [0.25, 0.3) is 5.91 Å². The molecule has 0 bridgehead atoms. The molecule has 1 aliphatic rings. The Kier molecular flexibility index (Phi) is 6.36. The maximum absolute atomic E-state index is 13.2. The van der Waals surface area contributed by atoms with Crippen LogP contribution in [0.3, 0.4) is 0 Å². The minimum Gasteiger partial charge on any atom is -0.330 e. The van der Waals surface area contributed by atoms with Crippen LogP contribution in [0, 0.1) is 0 Å². The minimum absolute atomic E-state index is 0.0676. The quantitative estimate of drug-likeness (QED) is 0.449. The first kappa shape index (κ1) is 21.1. The maximum atomic E-state index is 13.2. The van der Waals surface area contributed by atoms with E-state index >= 15 is 0 Å². The summed E-state index contributed by atoms with van der Waals surface area (Å²) in [4.78, 5) is 28.1. The first-order valence-electron chi connectivity index (χ1n) is 9.81. The number of halogens is 2. The van der Waals surface area contributed by atoms with Gasteiger partial charge in [-0.2, -0.15) is 0 Å². The molecule has 1 aliphatic heterocycles. The third-order valence-electron chi connectivity index (χ3n) is 5.04. The number of Topliss-reactive ketones (excluding diaryl/α,β-unsaturated/α-hetero) is 1. The van der Waals surface area contributed by atoms with Crippen LogP contribution in [0.5, 0.6) is 0 Å². The van der Waals surface area contributed by atoms with Crippen molar-refractivity contribution in [2.24, 2.45) is 0 Å². The molecular weight excluding hydrogens is 429 g/mol. The van der Waals surface area contributed by atoms with Crippen LogP contribution in [0.4, 0.5) is 0 Å². The van der Waals surface area contributed by atoms with E-state index in [0.29, 0.717) is 26.8 Å². The van der Waals surface area contributed by atoms with Crippen LogP contribution < -0.4 is 0 Å². The third kappa shape index (κ3) is 5.13. The molecule has 154 valence electrons. The van der Waals surface area contributed by atoms with Crippen LogP contribution in [0.1, 0.15) is 21.5 Å². The van der Waals surface area contributed by atoms with E-state index in [0.717, 1.165) is 11.1 Å². The van der Waals surface area contributed by atoms with Crippen molar-refractivity contribution in [3.05, 3.63) is 117 Å². The molecule has 0 unspecified atom stereocenters. The molecule has 1 amide bonds. The lowest BCUT2D eigenvalue weighted by Gasteiger charge is -2.30. The highest BCUT2D eigenvalue weighted by atomic mass is 35.5. The zero-order valence-corrected chi connectivity index (χ0v) is 18.1. The summed E-state index contributed by atoms with van der Waals surface area (Å²) in [6.07, 6.45) is 3.64. The van der Waals surface area contributed by atoms with Gasteiger partial charge in [0.15, 0.2) is 5.78 Å². The number of nitrogens with zero attached hydrogens (tertiary/aromatic N) is 1. The number of hydrogen-bond acceptors (Lipinski definition) is 2. The molecular formula is C26H19Cl2NO2. The van der Waals surface area contributed by atoms with Crippen molar-refractivity contribution >= 4 is 47.0 Å². The van der Waals surface area contributed by atoms with Gasteiger partial charge in [-0.3, -0.25) is 9.59 Å². The smallest absolute Gasteiger partial charge is 0.254 e. The maximum Gasteiger partial charge on any atom is 0.254 e. The van der Waals surface area contributed by atoms with Crippen molar-refractivity contribution in [2.75, 3.05) is 13.1 Å². The fraction of sp³-hybridized carbons (Fsp3) is 0.0769. The van der Waals surface area contributed by atoms with E-state index < -0.39 is 0 Å². The summed E-state index contributed by atoms with van der Waals surface area (Å²) in [5.41, 5.74) is 3.41. The van der Waals surface area contributed by atoms with Gasteiger partial charge >= 0.3 is 0 Å². The fourth-order valence-electron chi connectivity index (χ4n) is 3.47. The molecule has 3 aromatic rings. The summed E-state index contributed by atoms with van der Waals surface area (Å²) >= 11 is 12.0. The second-order valence-electron chi connectivity index (χ2n) is 7.30. The molecule has 1 saturated heterocycles. The van der Waals surface area contributed by atoms with Crippen LogP contribution >= 0.6 is 23.2 Å². The largest absolute Gasteiger partial charge is 0.330 e. The Labute approximate surface area is 191 Å². The number of ketones is 1. The Morgan fingerprint density at radius 3 is 1.61 bits per heavy atom. The molecule has 3 aromatic carbocycles. The molecule has 0 spiro atoms. The first-order chi connectivity index (χ1) is 15.0. The Bertz CT molecular complexity index is 1100. The SMILES string of the molecule is O=C1/C(=C\c2ccc(Cl)cc2)CN(C(=O)c2ccccc2)C/C1=C\c1ccc(Cl)cc1. The minimum atomic E-state index is -0.114. The van der Waals surface area contributed by atoms with Crippen molar-refractivity contribution in [3.8, 4) is 0 Å². The number of carbonyl (C=O) groups is 2. The highest BCUT2D eigenvalue weighted by molar-refractivity contribution is 6.30. The Morgan fingerprint density at radius 2 is 1.16 bits per heavy atom. The Hall–Kier alpha value is -3.14. The van der Waals surface area contributed by atoms with Gasteiger partial charge in [0.05, 0.1) is 13.1 Å². The molecule has 0 saturated carbocycles. The molecule has 0 atom stereocenters. The average molecular weight is 448 g/mol. The molecule has 0 aromatic heterocycles. The average Bonchev–Trinajstić information content (AvgIpc) is 2.79. The van der Waals surface area contributed by atoms with E-state index in [1.165, 1.54) is 0 Å². The highest BCUT2D eigenvalue weighted by Gasteiger charge is 2.29. The van der Waals surface area contributed by atoms with Gasteiger partial charge in [-0.25, -0.2) is 0 Å². The number of piperidine rings is 1. The van der Waals surface area contributed by atoms with Crippen LogP contribution in [-0.4, -0.2) is 29.7 Å². The van der Waals surface area contributed by atoms with Crippen molar-refractivity contribution in [2.45, 2.75) is 0 Å². The normalized spacial score (nSPS) is 16.7. The van der Waals surface area contributed by atoms with Gasteiger partial charge in [0, 0.05) is 26.8 Å². The fourth-order valence-corrected chi connectivity index (χ4v) is 3.72. The number of likely N-dealkylation sites (tertiary alicyclic amines) is 1. The van der Waals surface area contributed by atoms with Crippen LogP contribution in [0.2, 0.25) is 10.0 Å². The lowest BCUT2D eigenvalue weighted by molar-refractivity contribution is -0.113. The van der Waals surface area contributed by atoms with E-state index in [2.05, 4.69) is 0 Å². The van der Waals surface area contributed by atoms with E-state index in [-0.39, 0.29) is 24.8 Å². The van der Waals surface area contributed by atoms with Gasteiger partial charge in [0.2, 0.25) is 0 Å². The Balaban J connectivity index is 1.72. The molecule has 1 heterocycles. The van der Waals surface area contributed by atoms with Crippen molar-refractivity contribution in [1.82, 2.24) is 4.90 Å². The van der Waals surface area contributed by atoms with E-state index in [1.807, 2.05) is 54.6 Å². The van der Waals surface area contributed by atoms with Crippen molar-refractivity contribution < 1.29 is 9.59 Å². The van der Waals surface area contributed by atoms with Gasteiger partial charge in [-0.15, -0.1) is 0 Å². The summed E-state index contributed by atoms with van der Waals surface area (Å²) in [5.74, 6) is -0.181.